The van der Waals surface area contributed by atoms with E-state index in [9.17, 15) is 8.78 Å². The maximum absolute atomic E-state index is 11.9. The van der Waals surface area contributed by atoms with Crippen molar-refractivity contribution >= 4 is 15.9 Å². The lowest BCUT2D eigenvalue weighted by Gasteiger charge is -2.03. The van der Waals surface area contributed by atoms with E-state index in [4.69, 9.17) is 10.8 Å². The van der Waals surface area contributed by atoms with Crippen LogP contribution in [0.1, 0.15) is 18.5 Å². The normalized spacial score (nSPS) is 10.6. The van der Waals surface area contributed by atoms with Gasteiger partial charge in [-0.15, -0.1) is 0 Å². The summed E-state index contributed by atoms with van der Waals surface area (Å²) in [4.78, 5) is 3.98. The first kappa shape index (κ1) is 18.6. The Morgan fingerprint density at radius 2 is 1.55 bits per heavy atom. The molecule has 1 atom stereocenters. The molecule has 0 bridgehead atoms. The van der Waals surface area contributed by atoms with Crippen LogP contribution in [0.4, 0.5) is 8.78 Å². The Morgan fingerprint density at radius 1 is 1.10 bits per heavy atom. The van der Waals surface area contributed by atoms with Crippen LogP contribution in [0.25, 0.3) is 0 Å². The highest BCUT2D eigenvalue weighted by Crippen LogP contribution is 2.13. The third kappa shape index (κ3) is 7.93. The van der Waals surface area contributed by atoms with Gasteiger partial charge in [0.05, 0.1) is 0 Å². The summed E-state index contributed by atoms with van der Waals surface area (Å²) >= 11 is 3.31. The van der Waals surface area contributed by atoms with Gasteiger partial charge in [0, 0.05) is 30.0 Å². The minimum absolute atomic E-state index is 0.0602. The molecule has 110 valence electrons. The maximum atomic E-state index is 11.9. The Kier molecular flexibility index (Phi) is 9.71. The summed E-state index contributed by atoms with van der Waals surface area (Å²) in [7, 11) is 1.00. The molecule has 0 aliphatic heterocycles. The molecule has 3 nitrogen and oxygen atoms in total. The lowest BCUT2D eigenvalue weighted by molar-refractivity contribution is 0.399. The zero-order valence-corrected chi connectivity index (χ0v) is 12.8. The van der Waals surface area contributed by atoms with Gasteiger partial charge in [-0.3, -0.25) is 4.98 Å². The minimum atomic E-state index is -0.411. The summed E-state index contributed by atoms with van der Waals surface area (Å²) in [6, 6.07) is 6.34. The molecule has 2 aromatic rings. The third-order valence-electron chi connectivity index (χ3n) is 2.06. The first-order chi connectivity index (χ1) is 9.49. The Bertz CT molecular complexity index is 472. The number of aliphatic hydroxyl groups is 1. The van der Waals surface area contributed by atoms with Crippen LogP contribution in [0.15, 0.2) is 47.2 Å². The van der Waals surface area contributed by atoms with Crippen molar-refractivity contribution in [2.24, 2.45) is 5.73 Å². The second-order valence-electron chi connectivity index (χ2n) is 3.66. The predicted molar refractivity (Wildman–Crippen MR) is 79.0 cm³/mol. The van der Waals surface area contributed by atoms with Crippen LogP contribution >= 0.6 is 15.9 Å². The van der Waals surface area contributed by atoms with Gasteiger partial charge < -0.3 is 10.8 Å². The van der Waals surface area contributed by atoms with Crippen molar-refractivity contribution in [1.82, 2.24) is 4.98 Å². The molecule has 0 saturated carbocycles. The van der Waals surface area contributed by atoms with Gasteiger partial charge >= 0.3 is 0 Å². The summed E-state index contributed by atoms with van der Waals surface area (Å²) in [5.41, 5.74) is 6.67. The zero-order chi connectivity index (χ0) is 15.5. The van der Waals surface area contributed by atoms with E-state index in [1.165, 1.54) is 0 Å². The fraction of sp³-hybridized carbons (Fsp3) is 0.214. The van der Waals surface area contributed by atoms with Crippen molar-refractivity contribution in [2.75, 3.05) is 7.11 Å². The monoisotopic (exact) mass is 346 g/mol. The molecular weight excluding hydrogens is 330 g/mol. The molecule has 0 fully saturated rings. The fourth-order valence-electron chi connectivity index (χ4n) is 1.11. The van der Waals surface area contributed by atoms with Crippen LogP contribution in [0, 0.1) is 11.6 Å². The second kappa shape index (κ2) is 10.4. The Hall–Kier alpha value is -1.37. The Balaban J connectivity index is 0.000000327. The molecule has 2 rings (SSSR count). The molecule has 0 saturated heterocycles. The number of hydrogen-bond acceptors (Lipinski definition) is 3. The largest absolute Gasteiger partial charge is 0.400 e. The third-order valence-corrected chi connectivity index (χ3v) is 2.49. The highest BCUT2D eigenvalue weighted by atomic mass is 79.9. The summed E-state index contributed by atoms with van der Waals surface area (Å²) in [5.74, 6) is -0.821. The number of rotatable bonds is 1. The minimum Gasteiger partial charge on any atom is -0.400 e. The molecule has 20 heavy (non-hydrogen) atoms. The molecule has 1 unspecified atom stereocenters. The van der Waals surface area contributed by atoms with Crippen LogP contribution in [0.3, 0.4) is 0 Å². The van der Waals surface area contributed by atoms with Crippen molar-refractivity contribution in [2.45, 2.75) is 13.0 Å². The quantitative estimate of drug-likeness (QED) is 0.831. The zero-order valence-electron chi connectivity index (χ0n) is 11.2. The topological polar surface area (TPSA) is 59.1 Å². The number of benzene rings is 1. The average Bonchev–Trinajstić information content (AvgIpc) is 2.45. The number of pyridine rings is 1. The van der Waals surface area contributed by atoms with E-state index in [1.807, 2.05) is 13.0 Å². The van der Waals surface area contributed by atoms with E-state index in [2.05, 4.69) is 20.9 Å². The van der Waals surface area contributed by atoms with E-state index < -0.39 is 11.6 Å². The lowest BCUT2D eigenvalue weighted by atomic mass is 10.2. The molecule has 3 N–H and O–H groups in total. The summed E-state index contributed by atoms with van der Waals surface area (Å²) in [6.45, 7) is 1.93. The highest BCUT2D eigenvalue weighted by Gasteiger charge is 1.98. The summed E-state index contributed by atoms with van der Waals surface area (Å²) in [5, 5.41) is 7.00. The number of nitrogens with two attached hydrogens (primary N) is 1. The van der Waals surface area contributed by atoms with Crippen molar-refractivity contribution in [3.05, 3.63) is 64.4 Å². The van der Waals surface area contributed by atoms with Crippen LogP contribution in [0.2, 0.25) is 0 Å². The van der Waals surface area contributed by atoms with Crippen LogP contribution in [-0.4, -0.2) is 17.2 Å². The van der Waals surface area contributed by atoms with Gasteiger partial charge in [0.25, 0.3) is 0 Å². The van der Waals surface area contributed by atoms with Crippen molar-refractivity contribution in [3.8, 4) is 0 Å². The van der Waals surface area contributed by atoms with E-state index in [1.54, 1.807) is 12.4 Å². The van der Waals surface area contributed by atoms with Gasteiger partial charge in [-0.05, 0) is 58.7 Å². The number of nitrogens with zero attached hydrogens (tertiary/aromatic N) is 1. The predicted octanol–water partition coefficient (Wildman–Crippen LogP) is 3.44. The molecule has 0 amide bonds. The summed E-state index contributed by atoms with van der Waals surface area (Å²) in [6.07, 6.45) is 3.52. The van der Waals surface area contributed by atoms with E-state index >= 15 is 0 Å². The second-order valence-corrected chi connectivity index (χ2v) is 4.58. The van der Waals surface area contributed by atoms with Gasteiger partial charge in [-0.2, -0.15) is 0 Å². The van der Waals surface area contributed by atoms with Crippen molar-refractivity contribution in [3.63, 3.8) is 0 Å². The molecule has 1 heterocycles. The summed E-state index contributed by atoms with van der Waals surface area (Å²) < 4.78 is 24.8. The molecule has 0 aliphatic carbocycles. The lowest BCUT2D eigenvalue weighted by Crippen LogP contribution is -2.04. The number of aromatic nitrogens is 1. The van der Waals surface area contributed by atoms with Crippen molar-refractivity contribution < 1.29 is 13.9 Å². The number of aliphatic hydroxyl groups excluding tert-OH is 1. The molecule has 1 aromatic heterocycles. The van der Waals surface area contributed by atoms with Gasteiger partial charge in [0.1, 0.15) is 11.6 Å². The maximum Gasteiger partial charge on any atom is 0.123 e. The number of halogens is 3. The SMILES string of the molecule is CC(N)c1cncc(Br)c1.CO.Fc1ccc(F)cc1. The van der Waals surface area contributed by atoms with E-state index in [0.717, 1.165) is 41.4 Å². The number of hydrogen-bond donors (Lipinski definition) is 2. The van der Waals surface area contributed by atoms with Gasteiger partial charge in [-0.1, -0.05) is 0 Å². The first-order valence-corrected chi connectivity index (χ1v) is 6.50. The first-order valence-electron chi connectivity index (χ1n) is 5.71. The highest BCUT2D eigenvalue weighted by molar-refractivity contribution is 9.10. The Labute approximate surface area is 125 Å². The van der Waals surface area contributed by atoms with E-state index in [-0.39, 0.29) is 6.04 Å². The average molecular weight is 347 g/mol. The van der Waals surface area contributed by atoms with Crippen LogP contribution in [0.5, 0.6) is 0 Å². The van der Waals surface area contributed by atoms with Crippen molar-refractivity contribution in [1.29, 1.82) is 0 Å². The molecule has 0 spiro atoms. The van der Waals surface area contributed by atoms with E-state index in [0.29, 0.717) is 0 Å². The standard InChI is InChI=1S/C7H9BrN2.C6H4F2.CH4O/c1-5(9)6-2-7(8)4-10-3-6;7-5-1-2-6(8)4-3-5;1-2/h2-5H,9H2,1H3;1-4H;2H,1H3. The molecule has 1 aromatic carbocycles. The smallest absolute Gasteiger partial charge is 0.123 e. The molecule has 6 heteroatoms. The van der Waals surface area contributed by atoms with Crippen LogP contribution in [-0.2, 0) is 0 Å². The Morgan fingerprint density at radius 3 is 1.85 bits per heavy atom. The van der Waals surface area contributed by atoms with Gasteiger partial charge in [-0.25, -0.2) is 8.78 Å². The molecule has 0 radical (unpaired) electrons. The van der Waals surface area contributed by atoms with Gasteiger partial charge in [0.15, 0.2) is 0 Å². The van der Waals surface area contributed by atoms with Crippen LogP contribution < -0.4 is 5.73 Å². The fourth-order valence-corrected chi connectivity index (χ4v) is 1.49. The van der Waals surface area contributed by atoms with Gasteiger partial charge in [0.2, 0.25) is 0 Å². The molecular formula is C14H17BrF2N2O. The molecule has 0 aliphatic rings.